The molecule has 0 bridgehead atoms. The first kappa shape index (κ1) is 21.3. The fourth-order valence-electron chi connectivity index (χ4n) is 4.32. The molecule has 1 aliphatic carbocycles. The fraction of sp³-hybridized carbons (Fsp3) is 0.500. The Morgan fingerprint density at radius 1 is 1.23 bits per heavy atom. The van der Waals surface area contributed by atoms with Crippen LogP contribution < -0.4 is 5.32 Å². The number of hydrogen-bond donors (Lipinski definition) is 1. The highest BCUT2D eigenvalue weighted by molar-refractivity contribution is 7.89. The molecule has 1 aromatic heterocycles. The molecule has 0 spiro atoms. The lowest BCUT2D eigenvalue weighted by atomic mass is 9.94. The van der Waals surface area contributed by atoms with E-state index in [-0.39, 0.29) is 17.3 Å². The van der Waals surface area contributed by atoms with Gasteiger partial charge in [-0.05, 0) is 54.5 Å². The Morgan fingerprint density at radius 3 is 2.83 bits per heavy atom. The van der Waals surface area contributed by atoms with Crippen molar-refractivity contribution in [2.24, 2.45) is 0 Å². The Bertz CT molecular complexity index is 997. The number of amides is 1. The summed E-state index contributed by atoms with van der Waals surface area (Å²) in [5.74, 6) is 0.0381. The van der Waals surface area contributed by atoms with Crippen LogP contribution in [0.3, 0.4) is 0 Å². The lowest BCUT2D eigenvalue weighted by molar-refractivity contribution is -0.130. The van der Waals surface area contributed by atoms with Gasteiger partial charge in [0.25, 0.3) is 0 Å². The number of sulfonamides is 1. The van der Waals surface area contributed by atoms with Gasteiger partial charge in [-0.2, -0.15) is 4.31 Å². The van der Waals surface area contributed by atoms with Gasteiger partial charge in [0.15, 0.2) is 0 Å². The number of carbonyl (C=O) groups excluding carboxylic acids is 1. The summed E-state index contributed by atoms with van der Waals surface area (Å²) in [5.41, 5.74) is 1.75. The molecule has 30 heavy (non-hydrogen) atoms. The molecule has 2 aliphatic rings. The van der Waals surface area contributed by atoms with Crippen LogP contribution >= 0.6 is 11.3 Å². The molecule has 1 aliphatic heterocycles. The normalized spacial score (nSPS) is 18.0. The summed E-state index contributed by atoms with van der Waals surface area (Å²) in [6.45, 7) is 1.08. The van der Waals surface area contributed by atoms with E-state index < -0.39 is 10.0 Å². The molecule has 1 N–H and O–H groups in total. The maximum absolute atomic E-state index is 13.2. The van der Waals surface area contributed by atoms with Crippen LogP contribution in [0.1, 0.15) is 42.5 Å². The van der Waals surface area contributed by atoms with Crippen LogP contribution in [0.5, 0.6) is 0 Å². The molecule has 0 atom stereocenters. The van der Waals surface area contributed by atoms with E-state index in [2.05, 4.69) is 5.32 Å². The second kappa shape index (κ2) is 9.08. The van der Waals surface area contributed by atoms with E-state index in [1.807, 2.05) is 23.4 Å². The van der Waals surface area contributed by atoms with Crippen LogP contribution in [0.2, 0.25) is 0 Å². The highest BCUT2D eigenvalue weighted by atomic mass is 32.2. The van der Waals surface area contributed by atoms with Crippen molar-refractivity contribution in [1.29, 1.82) is 0 Å². The third-order valence-electron chi connectivity index (χ3n) is 6.20. The van der Waals surface area contributed by atoms with Crippen molar-refractivity contribution in [3.05, 3.63) is 46.2 Å². The molecule has 1 saturated carbocycles. The zero-order valence-electron chi connectivity index (χ0n) is 17.3. The van der Waals surface area contributed by atoms with Gasteiger partial charge in [0.05, 0.1) is 11.4 Å². The fourth-order valence-corrected chi connectivity index (χ4v) is 6.67. The summed E-state index contributed by atoms with van der Waals surface area (Å²) in [5, 5.41) is 5.14. The Labute approximate surface area is 182 Å². The van der Waals surface area contributed by atoms with Crippen LogP contribution in [0.25, 0.3) is 0 Å². The molecule has 0 unspecified atom stereocenters. The second-order valence-electron chi connectivity index (χ2n) is 8.14. The maximum atomic E-state index is 13.2. The number of carbonyl (C=O) groups is 1. The molecule has 8 heteroatoms. The lowest BCUT2D eigenvalue weighted by Crippen LogP contribution is -2.41. The molecule has 0 radical (unpaired) electrons. The van der Waals surface area contributed by atoms with Crippen LogP contribution in [0.4, 0.5) is 5.69 Å². The summed E-state index contributed by atoms with van der Waals surface area (Å²) in [6, 6.07) is 9.12. The number of nitrogens with one attached hydrogen (secondary N) is 1. The number of rotatable bonds is 6. The molecular formula is C22H29N3O3S2. The summed E-state index contributed by atoms with van der Waals surface area (Å²) >= 11 is 1.69. The van der Waals surface area contributed by atoms with Crippen LogP contribution in [-0.4, -0.2) is 49.7 Å². The van der Waals surface area contributed by atoms with E-state index >= 15 is 0 Å². The van der Waals surface area contributed by atoms with Gasteiger partial charge < -0.3 is 10.2 Å². The van der Waals surface area contributed by atoms with E-state index in [4.69, 9.17) is 0 Å². The molecule has 1 amide bonds. The van der Waals surface area contributed by atoms with Crippen LogP contribution in [-0.2, 0) is 27.8 Å². The third-order valence-corrected chi connectivity index (χ3v) is 9.07. The Kier molecular flexibility index (Phi) is 6.46. The summed E-state index contributed by atoms with van der Waals surface area (Å²) < 4.78 is 27.8. The van der Waals surface area contributed by atoms with Gasteiger partial charge in [-0.25, -0.2) is 8.42 Å². The molecule has 1 fully saturated rings. The summed E-state index contributed by atoms with van der Waals surface area (Å²) in [4.78, 5) is 16.0. The largest absolute Gasteiger partial charge is 0.376 e. The number of likely N-dealkylation sites (N-methyl/N-ethyl adjacent to an activating group) is 1. The monoisotopic (exact) mass is 447 g/mol. The molecule has 6 nitrogen and oxygen atoms in total. The number of benzene rings is 1. The van der Waals surface area contributed by atoms with Crippen molar-refractivity contribution in [3.8, 4) is 0 Å². The second-order valence-corrected chi connectivity index (χ2v) is 11.1. The Balaban J connectivity index is 1.40. The molecular weight excluding hydrogens is 418 g/mol. The first-order valence-corrected chi connectivity index (χ1v) is 12.9. The van der Waals surface area contributed by atoms with Crippen molar-refractivity contribution < 1.29 is 13.2 Å². The summed E-state index contributed by atoms with van der Waals surface area (Å²) in [7, 11) is -1.70. The minimum Gasteiger partial charge on any atom is -0.376 e. The van der Waals surface area contributed by atoms with Crippen molar-refractivity contribution >= 4 is 33.0 Å². The molecule has 1 aromatic carbocycles. The predicted octanol–water partition coefficient (Wildman–Crippen LogP) is 3.70. The van der Waals surface area contributed by atoms with Crippen LogP contribution in [0.15, 0.2) is 40.6 Å². The third kappa shape index (κ3) is 4.55. The average molecular weight is 448 g/mol. The SMILES string of the molecule is CN(C(=O)CNc1cccc(S(=O)(=O)N2CCc3sccc3C2)c1)C1CCCCC1. The van der Waals surface area contributed by atoms with E-state index in [1.54, 1.807) is 39.9 Å². The van der Waals surface area contributed by atoms with Gasteiger partial charge in [0.2, 0.25) is 15.9 Å². The Morgan fingerprint density at radius 2 is 2.03 bits per heavy atom. The predicted molar refractivity (Wildman–Crippen MR) is 120 cm³/mol. The minimum atomic E-state index is -3.57. The van der Waals surface area contributed by atoms with E-state index in [0.29, 0.717) is 24.8 Å². The smallest absolute Gasteiger partial charge is 0.243 e. The summed E-state index contributed by atoms with van der Waals surface area (Å²) in [6.07, 6.45) is 6.50. The first-order valence-electron chi connectivity index (χ1n) is 10.6. The van der Waals surface area contributed by atoms with Crippen molar-refractivity contribution in [1.82, 2.24) is 9.21 Å². The van der Waals surface area contributed by atoms with E-state index in [0.717, 1.165) is 24.8 Å². The van der Waals surface area contributed by atoms with Crippen molar-refractivity contribution in [2.45, 2.75) is 56.0 Å². The zero-order valence-corrected chi connectivity index (χ0v) is 19.0. The van der Waals surface area contributed by atoms with Gasteiger partial charge in [-0.1, -0.05) is 25.3 Å². The molecule has 162 valence electrons. The number of nitrogens with zero attached hydrogens (tertiary/aromatic N) is 2. The topological polar surface area (TPSA) is 69.7 Å². The Hall–Kier alpha value is -1.90. The van der Waals surface area contributed by atoms with E-state index in [1.165, 1.54) is 24.1 Å². The van der Waals surface area contributed by atoms with Gasteiger partial charge in [-0.3, -0.25) is 4.79 Å². The highest BCUT2D eigenvalue weighted by Gasteiger charge is 2.29. The zero-order chi connectivity index (χ0) is 21.1. The molecule has 0 saturated heterocycles. The van der Waals surface area contributed by atoms with Gasteiger partial charge >= 0.3 is 0 Å². The quantitative estimate of drug-likeness (QED) is 0.733. The average Bonchev–Trinajstić information content (AvgIpc) is 3.26. The standard InChI is InChI=1S/C22H29N3O3S2/c1-24(19-7-3-2-4-8-19)22(26)15-23-18-6-5-9-20(14-18)30(27,28)25-12-10-21-17(16-25)11-13-29-21/h5-6,9,11,13-14,19,23H,2-4,7-8,10,12,15-16H2,1H3. The van der Waals surface area contributed by atoms with Gasteiger partial charge in [-0.15, -0.1) is 11.3 Å². The van der Waals surface area contributed by atoms with Crippen molar-refractivity contribution in [2.75, 3.05) is 25.5 Å². The molecule has 2 heterocycles. The van der Waals surface area contributed by atoms with Gasteiger partial charge in [0, 0.05) is 36.7 Å². The molecule has 2 aromatic rings. The van der Waals surface area contributed by atoms with Crippen LogP contribution in [0, 0.1) is 0 Å². The highest BCUT2D eigenvalue weighted by Crippen LogP contribution is 2.29. The number of hydrogen-bond acceptors (Lipinski definition) is 5. The number of thiophene rings is 1. The first-order chi connectivity index (χ1) is 14.4. The number of anilines is 1. The van der Waals surface area contributed by atoms with E-state index in [9.17, 15) is 13.2 Å². The number of fused-ring (bicyclic) bond motifs is 1. The lowest BCUT2D eigenvalue weighted by Gasteiger charge is -2.31. The van der Waals surface area contributed by atoms with Gasteiger partial charge in [0.1, 0.15) is 0 Å². The molecule has 4 rings (SSSR count). The van der Waals surface area contributed by atoms with Crippen molar-refractivity contribution in [3.63, 3.8) is 0 Å². The maximum Gasteiger partial charge on any atom is 0.243 e. The minimum absolute atomic E-state index is 0.0381.